The van der Waals surface area contributed by atoms with Crippen molar-refractivity contribution < 1.29 is 19.1 Å². The summed E-state index contributed by atoms with van der Waals surface area (Å²) in [5.74, 6) is -1.85. The molecule has 0 saturated carbocycles. The third-order valence-corrected chi connectivity index (χ3v) is 4.71. The maximum absolute atomic E-state index is 12.6. The van der Waals surface area contributed by atoms with E-state index in [0.29, 0.717) is 12.8 Å². The van der Waals surface area contributed by atoms with E-state index in [1.165, 1.54) is 24.2 Å². The van der Waals surface area contributed by atoms with Gasteiger partial charge in [0.25, 0.3) is 5.91 Å². The Labute approximate surface area is 159 Å². The van der Waals surface area contributed by atoms with Crippen molar-refractivity contribution in [3.05, 3.63) is 48.3 Å². The molecule has 0 fully saturated rings. The lowest BCUT2D eigenvalue weighted by Crippen LogP contribution is -2.50. The molecule has 0 radical (unpaired) electrons. The van der Waals surface area contributed by atoms with Gasteiger partial charge in [-0.3, -0.25) is 19.5 Å². The zero-order valence-corrected chi connectivity index (χ0v) is 16.1. The monoisotopic (exact) mass is 370 g/mol. The van der Waals surface area contributed by atoms with E-state index < -0.39 is 29.1 Å². The van der Waals surface area contributed by atoms with Gasteiger partial charge in [-0.05, 0) is 24.8 Å². The van der Waals surface area contributed by atoms with Gasteiger partial charge >= 0.3 is 5.97 Å². The molecule has 6 nitrogen and oxygen atoms in total. The number of hydrogen-bond acceptors (Lipinski definition) is 5. The minimum Gasteiger partial charge on any atom is -0.464 e. The number of amides is 1. The van der Waals surface area contributed by atoms with Crippen LogP contribution in [0.4, 0.5) is 0 Å². The quantitative estimate of drug-likeness (QED) is 0.400. The van der Waals surface area contributed by atoms with Crippen LogP contribution in [0.15, 0.2) is 47.7 Å². The number of Topliss-reactive ketones (excluding diaryl/α,β-unsaturated/α-hetero) is 1. The molecule has 0 bridgehead atoms. The van der Waals surface area contributed by atoms with E-state index in [1.54, 1.807) is 13.8 Å². The van der Waals surface area contributed by atoms with Crippen molar-refractivity contribution in [1.82, 2.24) is 4.90 Å². The molecule has 1 aliphatic heterocycles. The first-order chi connectivity index (χ1) is 12.9. The topological polar surface area (TPSA) is 76.0 Å². The van der Waals surface area contributed by atoms with E-state index in [1.807, 2.05) is 37.3 Å². The van der Waals surface area contributed by atoms with Crippen LogP contribution >= 0.6 is 0 Å². The molecule has 0 saturated heterocycles. The van der Waals surface area contributed by atoms with Crippen molar-refractivity contribution in [2.24, 2.45) is 10.4 Å². The molecule has 1 heterocycles. The number of hydrogen-bond donors (Lipinski definition) is 0. The summed E-state index contributed by atoms with van der Waals surface area (Å²) in [6.07, 6.45) is 6.04. The van der Waals surface area contributed by atoms with E-state index in [0.717, 1.165) is 11.3 Å². The van der Waals surface area contributed by atoms with Crippen molar-refractivity contribution in [2.75, 3.05) is 6.61 Å². The lowest BCUT2D eigenvalue weighted by Gasteiger charge is -2.29. The van der Waals surface area contributed by atoms with Gasteiger partial charge in [-0.25, -0.2) is 4.79 Å². The second kappa shape index (κ2) is 9.26. The molecule has 1 amide bonds. The number of ketones is 1. The van der Waals surface area contributed by atoms with E-state index >= 15 is 0 Å². The number of esters is 1. The molecular formula is C21H26N2O4. The van der Waals surface area contributed by atoms with Gasteiger partial charge in [0, 0.05) is 24.0 Å². The predicted molar refractivity (Wildman–Crippen MR) is 103 cm³/mol. The van der Waals surface area contributed by atoms with Crippen molar-refractivity contribution in [3.8, 4) is 0 Å². The fourth-order valence-electron chi connectivity index (χ4n) is 2.52. The molecule has 2 rings (SSSR count). The van der Waals surface area contributed by atoms with Crippen LogP contribution in [0.25, 0.3) is 0 Å². The predicted octanol–water partition coefficient (Wildman–Crippen LogP) is 2.92. The Balaban J connectivity index is 1.93. The number of rotatable bonds is 8. The first-order valence-corrected chi connectivity index (χ1v) is 9.14. The summed E-state index contributed by atoms with van der Waals surface area (Å²) in [4.78, 5) is 42.5. The first-order valence-electron chi connectivity index (χ1n) is 9.14. The summed E-state index contributed by atoms with van der Waals surface area (Å²) in [6.45, 7) is 5.51. The van der Waals surface area contributed by atoms with Crippen LogP contribution in [0, 0.1) is 5.41 Å². The maximum Gasteiger partial charge on any atom is 0.334 e. The minimum atomic E-state index is -1.02. The number of carbonyl (C=O) groups excluding carboxylic acids is 3. The number of ether oxygens (including phenoxy) is 1. The van der Waals surface area contributed by atoms with Crippen LogP contribution in [0.3, 0.4) is 0 Å². The van der Waals surface area contributed by atoms with Gasteiger partial charge in [-0.1, -0.05) is 51.1 Å². The normalized spacial score (nSPS) is 16.3. The molecule has 1 unspecified atom stereocenters. The van der Waals surface area contributed by atoms with Crippen molar-refractivity contribution in [2.45, 2.75) is 46.1 Å². The molecule has 0 N–H and O–H groups in total. The summed E-state index contributed by atoms with van der Waals surface area (Å²) in [5, 5.41) is 0. The number of nitrogens with zero attached hydrogens (tertiary/aromatic N) is 2. The Morgan fingerprint density at radius 3 is 2.56 bits per heavy atom. The van der Waals surface area contributed by atoms with Gasteiger partial charge < -0.3 is 4.74 Å². The van der Waals surface area contributed by atoms with Gasteiger partial charge in [-0.2, -0.15) is 0 Å². The Kier molecular flexibility index (Phi) is 7.05. The minimum absolute atomic E-state index is 0.234. The molecular weight excluding hydrogens is 344 g/mol. The van der Waals surface area contributed by atoms with Crippen molar-refractivity contribution in [3.63, 3.8) is 0 Å². The zero-order valence-electron chi connectivity index (χ0n) is 16.1. The highest BCUT2D eigenvalue weighted by molar-refractivity contribution is 6.38. The van der Waals surface area contributed by atoms with Gasteiger partial charge in [0.15, 0.2) is 6.04 Å². The summed E-state index contributed by atoms with van der Waals surface area (Å²) < 4.78 is 5.31. The van der Waals surface area contributed by atoms with E-state index in [-0.39, 0.29) is 6.61 Å². The van der Waals surface area contributed by atoms with E-state index in [4.69, 9.17) is 4.74 Å². The SMILES string of the molecule is CCC(C)(C)C(=O)C(=O)N1C=CN=CC1C(=O)OCCCc1ccccc1. The van der Waals surface area contributed by atoms with Gasteiger partial charge in [0.2, 0.25) is 5.78 Å². The van der Waals surface area contributed by atoms with Crippen molar-refractivity contribution >= 4 is 23.9 Å². The molecule has 1 atom stereocenters. The number of aliphatic imine (C=N–C) groups is 1. The summed E-state index contributed by atoms with van der Waals surface area (Å²) in [6, 6.07) is 8.89. The second-order valence-electron chi connectivity index (χ2n) is 7.08. The van der Waals surface area contributed by atoms with Crippen molar-refractivity contribution in [1.29, 1.82) is 0 Å². The average Bonchev–Trinajstić information content (AvgIpc) is 2.70. The Hall–Kier alpha value is -2.76. The van der Waals surface area contributed by atoms with Gasteiger partial charge in [0.1, 0.15) is 0 Å². The Bertz CT molecular complexity index is 738. The maximum atomic E-state index is 12.6. The van der Waals surface area contributed by atoms with Crippen LogP contribution in [0.1, 0.15) is 39.2 Å². The number of aryl methyl sites for hydroxylation is 1. The highest BCUT2D eigenvalue weighted by Crippen LogP contribution is 2.23. The lowest BCUT2D eigenvalue weighted by atomic mass is 9.84. The van der Waals surface area contributed by atoms with Gasteiger partial charge in [-0.15, -0.1) is 0 Å². The number of benzene rings is 1. The van der Waals surface area contributed by atoms with Crippen LogP contribution in [0.5, 0.6) is 0 Å². The highest BCUT2D eigenvalue weighted by Gasteiger charge is 2.38. The van der Waals surface area contributed by atoms with Crippen LogP contribution < -0.4 is 0 Å². The lowest BCUT2D eigenvalue weighted by molar-refractivity contribution is -0.154. The first kappa shape index (κ1) is 20.6. The van der Waals surface area contributed by atoms with Crippen LogP contribution in [0.2, 0.25) is 0 Å². The molecule has 1 aromatic carbocycles. The van der Waals surface area contributed by atoms with Crippen LogP contribution in [-0.4, -0.2) is 41.4 Å². The average molecular weight is 370 g/mol. The number of carbonyl (C=O) groups is 3. The molecule has 0 spiro atoms. The molecule has 1 aliphatic rings. The molecule has 6 heteroatoms. The van der Waals surface area contributed by atoms with E-state index in [2.05, 4.69) is 4.99 Å². The molecule has 0 aliphatic carbocycles. The molecule has 27 heavy (non-hydrogen) atoms. The summed E-state index contributed by atoms with van der Waals surface area (Å²) in [5.41, 5.74) is 0.379. The largest absolute Gasteiger partial charge is 0.464 e. The standard InChI is InChI=1S/C21H26N2O4/c1-4-21(2,3)18(24)19(25)23-13-12-22-15-17(23)20(26)27-14-8-11-16-9-6-5-7-10-16/h5-7,9-10,12-13,15,17H,4,8,11,14H2,1-3H3. The second-order valence-corrected chi connectivity index (χ2v) is 7.08. The van der Waals surface area contributed by atoms with E-state index in [9.17, 15) is 14.4 Å². The molecule has 1 aromatic rings. The van der Waals surface area contributed by atoms with Crippen LogP contribution in [-0.2, 0) is 25.5 Å². The zero-order chi connectivity index (χ0) is 19.9. The third kappa shape index (κ3) is 5.36. The highest BCUT2D eigenvalue weighted by atomic mass is 16.5. The summed E-state index contributed by atoms with van der Waals surface area (Å²) in [7, 11) is 0. The smallest absolute Gasteiger partial charge is 0.334 e. The Morgan fingerprint density at radius 2 is 1.89 bits per heavy atom. The molecule has 0 aromatic heterocycles. The fraction of sp³-hybridized carbons (Fsp3) is 0.429. The third-order valence-electron chi connectivity index (χ3n) is 4.71. The fourth-order valence-corrected chi connectivity index (χ4v) is 2.52. The molecule has 144 valence electrons. The summed E-state index contributed by atoms with van der Waals surface area (Å²) >= 11 is 0. The Morgan fingerprint density at radius 1 is 1.19 bits per heavy atom. The van der Waals surface area contributed by atoms with Gasteiger partial charge in [0.05, 0.1) is 6.61 Å².